The highest BCUT2D eigenvalue weighted by Gasteiger charge is 2.37. The Hall–Kier alpha value is -4.39. The second-order valence-corrected chi connectivity index (χ2v) is 7.40. The Kier molecular flexibility index (Phi) is 4.71. The zero-order valence-electron chi connectivity index (χ0n) is 17.6. The van der Waals surface area contributed by atoms with Gasteiger partial charge >= 0.3 is 0 Å². The Morgan fingerprint density at radius 1 is 0.906 bits per heavy atom. The molecule has 0 aliphatic carbocycles. The van der Waals surface area contributed by atoms with Gasteiger partial charge in [0.1, 0.15) is 23.0 Å². The fourth-order valence-corrected chi connectivity index (χ4v) is 3.82. The van der Waals surface area contributed by atoms with Gasteiger partial charge in [-0.25, -0.2) is 9.67 Å². The van der Waals surface area contributed by atoms with Crippen LogP contribution in [0.4, 0.5) is 5.69 Å². The molecule has 4 aromatic rings. The third kappa shape index (κ3) is 3.11. The van der Waals surface area contributed by atoms with E-state index in [0.717, 1.165) is 5.56 Å². The molecule has 32 heavy (non-hydrogen) atoms. The van der Waals surface area contributed by atoms with E-state index in [1.807, 2.05) is 67.6 Å². The Labute approximate surface area is 184 Å². The molecule has 1 aliphatic heterocycles. The number of aliphatic imine (C=N–C) groups is 1. The summed E-state index contributed by atoms with van der Waals surface area (Å²) in [4.78, 5) is 33.1. The van der Waals surface area contributed by atoms with Gasteiger partial charge in [0.15, 0.2) is 0 Å². The number of nitrogens with zero attached hydrogens (tertiary/aromatic N) is 4. The summed E-state index contributed by atoms with van der Waals surface area (Å²) in [5, 5.41) is 0. The molecule has 2 aromatic carbocycles. The minimum atomic E-state index is -0.383. The molecule has 3 heterocycles. The monoisotopic (exact) mass is 424 g/mol. The Balaban J connectivity index is 1.71. The molecule has 0 fully saturated rings. The zero-order chi connectivity index (χ0) is 22.2. The largest absolute Gasteiger partial charge is 0.465 e. The van der Waals surface area contributed by atoms with E-state index in [2.05, 4.69) is 4.99 Å². The molecule has 0 atom stereocenters. The number of carbonyl (C=O) groups excluding carboxylic acids is 1. The summed E-state index contributed by atoms with van der Waals surface area (Å²) in [5.74, 6) is 0.531. The van der Waals surface area contributed by atoms with Crippen LogP contribution in [0.25, 0.3) is 11.8 Å². The average Bonchev–Trinajstić information content (AvgIpc) is 3.49. The summed E-state index contributed by atoms with van der Waals surface area (Å²) in [5.41, 5.74) is 2.27. The summed E-state index contributed by atoms with van der Waals surface area (Å²) in [6.45, 7) is 1.82. The second kappa shape index (κ2) is 7.70. The highest BCUT2D eigenvalue weighted by molar-refractivity contribution is 6.33. The van der Waals surface area contributed by atoms with E-state index < -0.39 is 0 Å². The van der Waals surface area contributed by atoms with Crippen LogP contribution in [0.3, 0.4) is 0 Å². The molecule has 0 N–H and O–H groups in total. The van der Waals surface area contributed by atoms with Crippen molar-refractivity contribution in [3.8, 4) is 5.69 Å². The predicted molar refractivity (Wildman–Crippen MR) is 123 cm³/mol. The van der Waals surface area contributed by atoms with Crippen LogP contribution in [0.1, 0.15) is 17.0 Å². The number of rotatable bonds is 4. The standard InChI is InChI=1S/C25H20N4O3/c1-17-22(25(31)29(27(17)2)19-12-7-4-8-13-19)28-23(18-10-5-3-6-11-18)26-21(24(28)30)16-20-14-9-15-32-20/h3-16H,1-2H3/b21-16+. The van der Waals surface area contributed by atoms with Crippen LogP contribution in [0.5, 0.6) is 0 Å². The van der Waals surface area contributed by atoms with Crippen molar-refractivity contribution in [1.82, 2.24) is 9.36 Å². The quantitative estimate of drug-likeness (QED) is 0.466. The number of benzene rings is 2. The first-order valence-electron chi connectivity index (χ1n) is 10.1. The Bertz CT molecular complexity index is 1410. The smallest absolute Gasteiger partial charge is 0.296 e. The van der Waals surface area contributed by atoms with E-state index in [9.17, 15) is 9.59 Å². The fraction of sp³-hybridized carbons (Fsp3) is 0.0800. The van der Waals surface area contributed by atoms with Crippen LogP contribution in [0.15, 0.2) is 99.0 Å². The predicted octanol–water partition coefficient (Wildman–Crippen LogP) is 3.91. The molecule has 0 bridgehead atoms. The van der Waals surface area contributed by atoms with Crippen molar-refractivity contribution in [3.05, 3.63) is 112 Å². The van der Waals surface area contributed by atoms with Crippen molar-refractivity contribution in [3.63, 3.8) is 0 Å². The van der Waals surface area contributed by atoms with E-state index in [0.29, 0.717) is 23.0 Å². The maximum Gasteiger partial charge on any atom is 0.296 e. The fourth-order valence-electron chi connectivity index (χ4n) is 3.82. The summed E-state index contributed by atoms with van der Waals surface area (Å²) in [6.07, 6.45) is 3.12. The minimum Gasteiger partial charge on any atom is -0.465 e. The molecule has 0 radical (unpaired) electrons. The van der Waals surface area contributed by atoms with E-state index in [1.165, 1.54) is 11.2 Å². The molecular weight excluding hydrogens is 404 g/mol. The Morgan fingerprint density at radius 3 is 2.25 bits per heavy atom. The number of hydrogen-bond acceptors (Lipinski definition) is 4. The molecular formula is C25H20N4O3. The van der Waals surface area contributed by atoms with Gasteiger partial charge in [-0.1, -0.05) is 48.5 Å². The van der Waals surface area contributed by atoms with Crippen molar-refractivity contribution in [2.45, 2.75) is 6.92 Å². The van der Waals surface area contributed by atoms with E-state index >= 15 is 0 Å². The summed E-state index contributed by atoms with van der Waals surface area (Å²) < 4.78 is 8.67. The molecule has 1 amide bonds. The minimum absolute atomic E-state index is 0.202. The Morgan fingerprint density at radius 2 is 1.59 bits per heavy atom. The van der Waals surface area contributed by atoms with Gasteiger partial charge in [0.25, 0.3) is 11.5 Å². The van der Waals surface area contributed by atoms with Gasteiger partial charge in [-0.15, -0.1) is 0 Å². The van der Waals surface area contributed by atoms with Crippen LogP contribution in [0, 0.1) is 6.92 Å². The van der Waals surface area contributed by atoms with Gasteiger partial charge in [-0.2, -0.15) is 0 Å². The van der Waals surface area contributed by atoms with Crippen LogP contribution < -0.4 is 10.5 Å². The van der Waals surface area contributed by atoms with Crippen LogP contribution in [-0.4, -0.2) is 21.1 Å². The van der Waals surface area contributed by atoms with Gasteiger partial charge in [-0.05, 0) is 31.2 Å². The molecule has 1 aliphatic rings. The summed E-state index contributed by atoms with van der Waals surface area (Å²) >= 11 is 0. The van der Waals surface area contributed by atoms with Crippen molar-refractivity contribution in [2.24, 2.45) is 12.0 Å². The number of amidine groups is 1. The van der Waals surface area contributed by atoms with Crippen molar-refractivity contribution in [2.75, 3.05) is 4.90 Å². The molecule has 5 rings (SSSR count). The van der Waals surface area contributed by atoms with Gasteiger partial charge < -0.3 is 4.42 Å². The number of aromatic nitrogens is 2. The number of para-hydroxylation sites is 1. The number of furan rings is 1. The van der Waals surface area contributed by atoms with Crippen LogP contribution in [0.2, 0.25) is 0 Å². The third-order valence-corrected chi connectivity index (χ3v) is 5.46. The summed E-state index contributed by atoms with van der Waals surface area (Å²) in [6, 6.07) is 22.2. The molecule has 7 nitrogen and oxygen atoms in total. The summed E-state index contributed by atoms with van der Waals surface area (Å²) in [7, 11) is 1.80. The lowest BCUT2D eigenvalue weighted by molar-refractivity contribution is -0.113. The molecule has 2 aromatic heterocycles. The third-order valence-electron chi connectivity index (χ3n) is 5.46. The van der Waals surface area contributed by atoms with Crippen molar-refractivity contribution in [1.29, 1.82) is 0 Å². The number of carbonyl (C=O) groups is 1. The van der Waals surface area contributed by atoms with E-state index in [4.69, 9.17) is 4.42 Å². The molecule has 0 spiro atoms. The zero-order valence-corrected chi connectivity index (χ0v) is 17.6. The van der Waals surface area contributed by atoms with Gasteiger partial charge in [0.05, 0.1) is 17.6 Å². The van der Waals surface area contributed by atoms with Gasteiger partial charge in [0.2, 0.25) is 0 Å². The normalized spacial score (nSPS) is 14.9. The van der Waals surface area contributed by atoms with Gasteiger partial charge in [0, 0.05) is 18.7 Å². The average molecular weight is 424 g/mol. The lowest BCUT2D eigenvalue weighted by Gasteiger charge is -2.17. The maximum atomic E-state index is 13.6. The molecule has 158 valence electrons. The highest BCUT2D eigenvalue weighted by atomic mass is 16.3. The first kappa shape index (κ1) is 19.6. The number of anilines is 1. The lowest BCUT2D eigenvalue weighted by atomic mass is 10.2. The van der Waals surface area contributed by atoms with Crippen molar-refractivity contribution >= 4 is 23.5 Å². The maximum absolute atomic E-state index is 13.6. The lowest BCUT2D eigenvalue weighted by Crippen LogP contribution is -2.36. The highest BCUT2D eigenvalue weighted by Crippen LogP contribution is 2.29. The number of amides is 1. The first-order valence-corrected chi connectivity index (χ1v) is 10.1. The van der Waals surface area contributed by atoms with Gasteiger partial charge in [-0.3, -0.25) is 19.2 Å². The topological polar surface area (TPSA) is 72.7 Å². The van der Waals surface area contributed by atoms with E-state index in [1.54, 1.807) is 34.6 Å². The van der Waals surface area contributed by atoms with Crippen molar-refractivity contribution < 1.29 is 9.21 Å². The molecule has 0 saturated heterocycles. The molecule has 0 unspecified atom stereocenters. The SMILES string of the molecule is Cc1c(N2C(=O)/C(=C\c3ccco3)N=C2c2ccccc2)c(=O)n(-c2ccccc2)n1C. The number of hydrogen-bond donors (Lipinski definition) is 0. The first-order chi connectivity index (χ1) is 15.6. The van der Waals surface area contributed by atoms with Crippen LogP contribution in [-0.2, 0) is 11.8 Å². The van der Waals surface area contributed by atoms with Crippen LogP contribution >= 0.6 is 0 Å². The second-order valence-electron chi connectivity index (χ2n) is 7.40. The molecule has 7 heteroatoms. The van der Waals surface area contributed by atoms with E-state index in [-0.39, 0.29) is 22.9 Å². The molecule has 0 saturated carbocycles.